The van der Waals surface area contributed by atoms with E-state index < -0.39 is 11.6 Å². The fourth-order valence-electron chi connectivity index (χ4n) is 1.40. The second-order valence-electron chi connectivity index (χ2n) is 3.61. The van der Waals surface area contributed by atoms with Crippen molar-refractivity contribution in [3.05, 3.63) is 52.0 Å². The molecule has 2 nitrogen and oxygen atoms in total. The first-order chi connectivity index (χ1) is 8.47. The van der Waals surface area contributed by atoms with E-state index in [-0.39, 0.29) is 15.7 Å². The summed E-state index contributed by atoms with van der Waals surface area (Å²) in [5.41, 5.74) is 6.65. The van der Waals surface area contributed by atoms with Crippen LogP contribution in [-0.2, 0) is 0 Å². The summed E-state index contributed by atoms with van der Waals surface area (Å²) in [7, 11) is 0. The smallest absolute Gasteiger partial charge is 0.144 e. The van der Waals surface area contributed by atoms with Crippen LogP contribution in [0.1, 0.15) is 0 Å². The van der Waals surface area contributed by atoms with Gasteiger partial charge in [-0.25, -0.2) is 8.78 Å². The first-order valence-corrected chi connectivity index (χ1v) is 5.69. The molecule has 0 saturated carbocycles. The van der Waals surface area contributed by atoms with Crippen molar-refractivity contribution < 1.29 is 8.78 Å². The molecule has 18 heavy (non-hydrogen) atoms. The topological polar surface area (TPSA) is 38.0 Å². The minimum atomic E-state index is -0.609. The molecule has 0 bridgehead atoms. The highest BCUT2D eigenvalue weighted by molar-refractivity contribution is 6.31. The van der Waals surface area contributed by atoms with Gasteiger partial charge in [0.1, 0.15) is 11.6 Å². The van der Waals surface area contributed by atoms with Crippen molar-refractivity contribution in [1.82, 2.24) is 0 Å². The van der Waals surface area contributed by atoms with Gasteiger partial charge < -0.3 is 11.1 Å². The van der Waals surface area contributed by atoms with Gasteiger partial charge in [-0.1, -0.05) is 23.2 Å². The van der Waals surface area contributed by atoms with Crippen LogP contribution in [0.25, 0.3) is 0 Å². The molecule has 0 saturated heterocycles. The quantitative estimate of drug-likeness (QED) is 0.793. The van der Waals surface area contributed by atoms with E-state index in [9.17, 15) is 8.78 Å². The summed E-state index contributed by atoms with van der Waals surface area (Å²) in [6.07, 6.45) is 0. The first-order valence-electron chi connectivity index (χ1n) is 4.94. The van der Waals surface area contributed by atoms with Gasteiger partial charge in [-0.05, 0) is 24.3 Å². The van der Waals surface area contributed by atoms with Gasteiger partial charge in [0.2, 0.25) is 0 Å². The van der Waals surface area contributed by atoms with E-state index in [2.05, 4.69) is 5.32 Å². The summed E-state index contributed by atoms with van der Waals surface area (Å²) in [6.45, 7) is 0. The van der Waals surface area contributed by atoms with E-state index >= 15 is 0 Å². The summed E-state index contributed by atoms with van der Waals surface area (Å²) in [5, 5.41) is 2.73. The number of rotatable bonds is 2. The van der Waals surface area contributed by atoms with Crippen LogP contribution in [0.4, 0.5) is 25.8 Å². The molecule has 0 aliphatic rings. The number of hydrogen-bond acceptors (Lipinski definition) is 2. The van der Waals surface area contributed by atoms with Gasteiger partial charge in [-0.15, -0.1) is 0 Å². The molecule has 6 heteroatoms. The van der Waals surface area contributed by atoms with Crippen LogP contribution in [0.5, 0.6) is 0 Å². The molecule has 0 radical (unpaired) electrons. The van der Waals surface area contributed by atoms with Gasteiger partial charge >= 0.3 is 0 Å². The Morgan fingerprint density at radius 3 is 2.28 bits per heavy atom. The van der Waals surface area contributed by atoms with Crippen LogP contribution in [0.15, 0.2) is 30.3 Å². The average molecular weight is 289 g/mol. The lowest BCUT2D eigenvalue weighted by atomic mass is 10.2. The first kappa shape index (κ1) is 12.9. The normalized spacial score (nSPS) is 10.4. The molecule has 0 aliphatic heterocycles. The van der Waals surface area contributed by atoms with Gasteiger partial charge in [0, 0.05) is 11.8 Å². The average Bonchev–Trinajstić information content (AvgIpc) is 2.31. The van der Waals surface area contributed by atoms with Crippen LogP contribution in [0.2, 0.25) is 10.0 Å². The standard InChI is InChI=1S/C12H8Cl2F2N2/c13-7-2-1-6(3-9(7)15)18-12-5-10(16)8(14)4-11(12)17/h1-5,18H,17H2. The Morgan fingerprint density at radius 2 is 1.61 bits per heavy atom. The van der Waals surface area contributed by atoms with Crippen LogP contribution in [0.3, 0.4) is 0 Å². The Balaban J connectivity index is 2.34. The van der Waals surface area contributed by atoms with Crippen LogP contribution < -0.4 is 11.1 Å². The van der Waals surface area contributed by atoms with Crippen molar-refractivity contribution in [3.63, 3.8) is 0 Å². The summed E-state index contributed by atoms with van der Waals surface area (Å²) >= 11 is 11.1. The third kappa shape index (κ3) is 2.66. The fourth-order valence-corrected chi connectivity index (χ4v) is 1.69. The van der Waals surface area contributed by atoms with E-state index in [0.717, 1.165) is 6.07 Å². The van der Waals surface area contributed by atoms with Crippen molar-refractivity contribution in [3.8, 4) is 0 Å². The molecule has 0 amide bonds. The molecule has 0 aromatic heterocycles. The Labute approximate surface area is 112 Å². The fraction of sp³-hybridized carbons (Fsp3) is 0. The van der Waals surface area contributed by atoms with E-state index in [4.69, 9.17) is 28.9 Å². The molecule has 0 unspecified atom stereocenters. The third-order valence-corrected chi connectivity index (χ3v) is 2.89. The lowest BCUT2D eigenvalue weighted by Crippen LogP contribution is -1.98. The zero-order chi connectivity index (χ0) is 13.3. The van der Waals surface area contributed by atoms with Crippen molar-refractivity contribution in [1.29, 1.82) is 0 Å². The number of nitrogens with one attached hydrogen (secondary N) is 1. The number of benzene rings is 2. The minimum absolute atomic E-state index is 0.0100. The largest absolute Gasteiger partial charge is 0.397 e. The summed E-state index contributed by atoms with van der Waals surface area (Å²) in [6, 6.07) is 6.56. The predicted octanol–water partition coefficient (Wildman–Crippen LogP) is 4.60. The van der Waals surface area contributed by atoms with E-state index in [1.807, 2.05) is 0 Å². The lowest BCUT2D eigenvalue weighted by Gasteiger charge is -2.10. The second kappa shape index (κ2) is 5.00. The van der Waals surface area contributed by atoms with Gasteiger partial charge in [0.15, 0.2) is 0 Å². The molecule has 2 rings (SSSR count). The maximum absolute atomic E-state index is 13.3. The molecule has 2 aromatic carbocycles. The summed E-state index contributed by atoms with van der Waals surface area (Å²) in [5.74, 6) is -1.18. The SMILES string of the molecule is Nc1cc(Cl)c(F)cc1Nc1ccc(Cl)c(F)c1. The number of nitrogens with two attached hydrogens (primary N) is 1. The number of hydrogen-bond donors (Lipinski definition) is 2. The molecule has 0 aliphatic carbocycles. The molecule has 0 fully saturated rings. The molecular formula is C12H8Cl2F2N2. The summed E-state index contributed by atoms with van der Waals surface area (Å²) in [4.78, 5) is 0. The minimum Gasteiger partial charge on any atom is -0.397 e. The van der Waals surface area contributed by atoms with Crippen molar-refractivity contribution in [2.45, 2.75) is 0 Å². The Hall–Kier alpha value is -1.52. The van der Waals surface area contributed by atoms with Gasteiger partial charge in [-0.3, -0.25) is 0 Å². The monoisotopic (exact) mass is 288 g/mol. The Morgan fingerprint density at radius 1 is 0.944 bits per heavy atom. The number of anilines is 3. The number of halogens is 4. The number of nitrogen functional groups attached to an aromatic ring is 1. The molecule has 0 spiro atoms. The van der Waals surface area contributed by atoms with Crippen molar-refractivity contribution >= 4 is 40.3 Å². The van der Waals surface area contributed by atoms with Crippen LogP contribution >= 0.6 is 23.2 Å². The summed E-state index contributed by atoms with van der Waals surface area (Å²) < 4.78 is 26.5. The van der Waals surface area contributed by atoms with Crippen LogP contribution in [0, 0.1) is 11.6 Å². The van der Waals surface area contributed by atoms with Crippen molar-refractivity contribution in [2.24, 2.45) is 0 Å². The second-order valence-corrected chi connectivity index (χ2v) is 4.42. The highest BCUT2D eigenvalue weighted by atomic mass is 35.5. The molecule has 2 aromatic rings. The van der Waals surface area contributed by atoms with E-state index in [1.54, 1.807) is 6.07 Å². The molecule has 3 N–H and O–H groups in total. The maximum atomic E-state index is 13.3. The molecular weight excluding hydrogens is 281 g/mol. The van der Waals surface area contributed by atoms with Crippen molar-refractivity contribution in [2.75, 3.05) is 11.1 Å². The van der Waals surface area contributed by atoms with E-state index in [0.29, 0.717) is 11.4 Å². The Bertz CT molecular complexity index is 603. The zero-order valence-corrected chi connectivity index (χ0v) is 10.5. The predicted molar refractivity (Wildman–Crippen MR) is 70.5 cm³/mol. The zero-order valence-electron chi connectivity index (χ0n) is 8.98. The van der Waals surface area contributed by atoms with Gasteiger partial charge in [0.05, 0.1) is 21.4 Å². The van der Waals surface area contributed by atoms with Gasteiger partial charge in [-0.2, -0.15) is 0 Å². The molecule has 94 valence electrons. The molecule has 0 atom stereocenters. The van der Waals surface area contributed by atoms with Gasteiger partial charge in [0.25, 0.3) is 0 Å². The Kier molecular flexibility index (Phi) is 3.59. The van der Waals surface area contributed by atoms with E-state index in [1.165, 1.54) is 18.2 Å². The molecule has 0 heterocycles. The lowest BCUT2D eigenvalue weighted by molar-refractivity contribution is 0.628. The van der Waals surface area contributed by atoms with Crippen LogP contribution in [-0.4, -0.2) is 0 Å². The maximum Gasteiger partial charge on any atom is 0.144 e. The highest BCUT2D eigenvalue weighted by Crippen LogP contribution is 2.29. The third-order valence-electron chi connectivity index (χ3n) is 2.29. The highest BCUT2D eigenvalue weighted by Gasteiger charge is 2.07.